The largest absolute Gasteiger partial charge is 0.496 e. The van der Waals surface area contributed by atoms with Gasteiger partial charge in [-0.3, -0.25) is 4.79 Å². The van der Waals surface area contributed by atoms with Crippen molar-refractivity contribution in [3.63, 3.8) is 0 Å². The molecule has 0 aliphatic carbocycles. The van der Waals surface area contributed by atoms with Gasteiger partial charge in [-0.1, -0.05) is 12.8 Å². The second kappa shape index (κ2) is 9.17. The number of hydrogen-bond donors (Lipinski definition) is 1. The normalized spacial score (nSPS) is 15.7. The van der Waals surface area contributed by atoms with Crippen molar-refractivity contribution in [2.24, 2.45) is 0 Å². The van der Waals surface area contributed by atoms with Crippen molar-refractivity contribution in [2.75, 3.05) is 40.5 Å². The van der Waals surface area contributed by atoms with E-state index in [1.807, 2.05) is 0 Å². The summed E-state index contributed by atoms with van der Waals surface area (Å²) in [5.41, 5.74) is 0.277. The highest BCUT2D eigenvalue weighted by Crippen LogP contribution is 2.25. The molecule has 1 aromatic rings. The van der Waals surface area contributed by atoms with Gasteiger partial charge >= 0.3 is 0 Å². The van der Waals surface area contributed by atoms with Crippen LogP contribution in [-0.2, 0) is 14.8 Å². The topological polar surface area (TPSA) is 84.9 Å². The highest BCUT2D eigenvalue weighted by molar-refractivity contribution is 7.89. The number of ether oxygens (including phenoxy) is 2. The molecule has 140 valence electrons. The molecule has 25 heavy (non-hydrogen) atoms. The van der Waals surface area contributed by atoms with Crippen LogP contribution in [0.3, 0.4) is 0 Å². The van der Waals surface area contributed by atoms with E-state index in [2.05, 4.69) is 4.72 Å². The van der Waals surface area contributed by atoms with E-state index in [0.29, 0.717) is 18.8 Å². The Morgan fingerprint density at radius 2 is 1.84 bits per heavy atom. The maximum atomic E-state index is 12.9. The number of benzene rings is 1. The van der Waals surface area contributed by atoms with Crippen LogP contribution in [0.4, 0.5) is 0 Å². The molecular weight excluding hydrogens is 344 g/mol. The third-order valence-electron chi connectivity index (χ3n) is 4.20. The minimum Gasteiger partial charge on any atom is -0.496 e. The molecule has 1 amide bonds. The Morgan fingerprint density at radius 1 is 1.16 bits per heavy atom. The van der Waals surface area contributed by atoms with Crippen LogP contribution in [0, 0.1) is 0 Å². The third-order valence-corrected chi connectivity index (χ3v) is 5.66. The number of rotatable bonds is 7. The molecule has 0 radical (unpaired) electrons. The van der Waals surface area contributed by atoms with Crippen molar-refractivity contribution in [1.29, 1.82) is 0 Å². The zero-order valence-corrected chi connectivity index (χ0v) is 15.6. The predicted octanol–water partition coefficient (Wildman–Crippen LogP) is 1.64. The van der Waals surface area contributed by atoms with Crippen LogP contribution in [0.15, 0.2) is 23.1 Å². The third kappa shape index (κ3) is 5.17. The van der Waals surface area contributed by atoms with E-state index >= 15 is 0 Å². The van der Waals surface area contributed by atoms with Crippen LogP contribution in [-0.4, -0.2) is 59.7 Å². The maximum Gasteiger partial charge on any atom is 0.257 e. The zero-order chi connectivity index (χ0) is 18.3. The molecule has 0 saturated carbocycles. The van der Waals surface area contributed by atoms with Gasteiger partial charge in [-0.25, -0.2) is 13.1 Å². The molecule has 0 spiro atoms. The van der Waals surface area contributed by atoms with Gasteiger partial charge in [0, 0.05) is 26.7 Å². The van der Waals surface area contributed by atoms with Crippen molar-refractivity contribution in [2.45, 2.75) is 30.6 Å². The lowest BCUT2D eigenvalue weighted by Crippen LogP contribution is -2.32. The van der Waals surface area contributed by atoms with E-state index in [-0.39, 0.29) is 29.5 Å². The van der Waals surface area contributed by atoms with Gasteiger partial charge in [0.1, 0.15) is 5.75 Å². The molecule has 0 unspecified atom stereocenters. The highest BCUT2D eigenvalue weighted by atomic mass is 32.2. The average molecular weight is 370 g/mol. The Labute approximate surface area is 149 Å². The number of hydrogen-bond acceptors (Lipinski definition) is 5. The Bertz CT molecular complexity index is 682. The number of amides is 1. The summed E-state index contributed by atoms with van der Waals surface area (Å²) in [4.78, 5) is 14.7. The van der Waals surface area contributed by atoms with Crippen molar-refractivity contribution in [1.82, 2.24) is 9.62 Å². The quantitative estimate of drug-likeness (QED) is 0.738. The van der Waals surface area contributed by atoms with Crippen LogP contribution >= 0.6 is 0 Å². The number of nitrogens with one attached hydrogen (secondary N) is 1. The standard InChI is InChI=1S/C17H26N2O5S/c1-23-12-9-18-25(21,22)14-7-8-16(24-2)15(13-14)17(20)19-10-5-3-4-6-11-19/h7-8,13,18H,3-6,9-12H2,1-2H3. The van der Waals surface area contributed by atoms with Crippen LogP contribution in [0.25, 0.3) is 0 Å². The van der Waals surface area contributed by atoms with Gasteiger partial charge in [0.25, 0.3) is 5.91 Å². The van der Waals surface area contributed by atoms with Gasteiger partial charge in [-0.05, 0) is 31.0 Å². The molecule has 1 aromatic carbocycles. The molecule has 1 aliphatic rings. The first kappa shape index (κ1) is 19.7. The van der Waals surface area contributed by atoms with E-state index in [0.717, 1.165) is 25.7 Å². The SMILES string of the molecule is COCCNS(=O)(=O)c1ccc(OC)c(C(=O)N2CCCCCC2)c1. The van der Waals surface area contributed by atoms with E-state index < -0.39 is 10.0 Å². The van der Waals surface area contributed by atoms with Crippen LogP contribution in [0.2, 0.25) is 0 Å². The molecule has 8 heteroatoms. The van der Waals surface area contributed by atoms with E-state index in [1.165, 1.54) is 32.4 Å². The van der Waals surface area contributed by atoms with Gasteiger partial charge in [0.15, 0.2) is 0 Å². The van der Waals surface area contributed by atoms with Gasteiger partial charge in [-0.15, -0.1) is 0 Å². The Balaban J connectivity index is 2.28. The fourth-order valence-electron chi connectivity index (χ4n) is 2.83. The number of likely N-dealkylation sites (tertiary alicyclic amines) is 1. The molecule has 0 aromatic heterocycles. The highest BCUT2D eigenvalue weighted by Gasteiger charge is 2.23. The summed E-state index contributed by atoms with van der Waals surface area (Å²) in [6.45, 7) is 1.81. The van der Waals surface area contributed by atoms with Gasteiger partial charge in [-0.2, -0.15) is 0 Å². The fraction of sp³-hybridized carbons (Fsp3) is 0.588. The Morgan fingerprint density at radius 3 is 2.44 bits per heavy atom. The minimum atomic E-state index is -3.71. The summed E-state index contributed by atoms with van der Waals surface area (Å²) in [5, 5.41) is 0. The number of methoxy groups -OCH3 is 2. The average Bonchev–Trinajstić information content (AvgIpc) is 2.90. The Hall–Kier alpha value is -1.64. The lowest BCUT2D eigenvalue weighted by molar-refractivity contribution is 0.0758. The first-order valence-corrected chi connectivity index (χ1v) is 9.94. The van der Waals surface area contributed by atoms with Crippen molar-refractivity contribution in [3.8, 4) is 5.75 Å². The minimum absolute atomic E-state index is 0.0441. The molecule has 1 saturated heterocycles. The molecular formula is C17H26N2O5S. The summed E-state index contributed by atoms with van der Waals surface area (Å²) in [6.07, 6.45) is 4.15. The molecule has 1 heterocycles. The molecule has 7 nitrogen and oxygen atoms in total. The molecule has 0 atom stereocenters. The molecule has 1 fully saturated rings. The van der Waals surface area contributed by atoms with E-state index in [4.69, 9.17) is 9.47 Å². The lowest BCUT2D eigenvalue weighted by atomic mass is 10.1. The van der Waals surface area contributed by atoms with Crippen molar-refractivity contribution >= 4 is 15.9 Å². The van der Waals surface area contributed by atoms with Gasteiger partial charge in [0.05, 0.1) is 24.2 Å². The molecule has 0 bridgehead atoms. The maximum absolute atomic E-state index is 12.9. The lowest BCUT2D eigenvalue weighted by Gasteiger charge is -2.22. The number of sulfonamides is 1. The first-order chi connectivity index (χ1) is 12.0. The summed E-state index contributed by atoms with van der Waals surface area (Å²) < 4.78 is 37.3. The van der Waals surface area contributed by atoms with E-state index in [1.54, 1.807) is 4.90 Å². The molecule has 1 aliphatic heterocycles. The summed E-state index contributed by atoms with van der Waals surface area (Å²) in [6, 6.07) is 4.35. The smallest absolute Gasteiger partial charge is 0.257 e. The number of carbonyl (C=O) groups is 1. The summed E-state index contributed by atoms with van der Waals surface area (Å²) in [5.74, 6) is 0.192. The summed E-state index contributed by atoms with van der Waals surface area (Å²) >= 11 is 0. The summed E-state index contributed by atoms with van der Waals surface area (Å²) in [7, 11) is -0.736. The second-order valence-electron chi connectivity index (χ2n) is 5.96. The van der Waals surface area contributed by atoms with E-state index in [9.17, 15) is 13.2 Å². The van der Waals surface area contributed by atoms with Crippen LogP contribution < -0.4 is 9.46 Å². The predicted molar refractivity (Wildman–Crippen MR) is 94.4 cm³/mol. The zero-order valence-electron chi connectivity index (χ0n) is 14.8. The molecule has 2 rings (SSSR count). The van der Waals surface area contributed by atoms with Crippen molar-refractivity contribution < 1.29 is 22.7 Å². The fourth-order valence-corrected chi connectivity index (χ4v) is 3.87. The Kier molecular flexibility index (Phi) is 7.22. The monoisotopic (exact) mass is 370 g/mol. The van der Waals surface area contributed by atoms with Gasteiger partial charge in [0.2, 0.25) is 10.0 Å². The van der Waals surface area contributed by atoms with Crippen LogP contribution in [0.5, 0.6) is 5.75 Å². The second-order valence-corrected chi connectivity index (χ2v) is 7.73. The van der Waals surface area contributed by atoms with Crippen molar-refractivity contribution in [3.05, 3.63) is 23.8 Å². The van der Waals surface area contributed by atoms with Gasteiger partial charge < -0.3 is 14.4 Å². The van der Waals surface area contributed by atoms with Crippen LogP contribution in [0.1, 0.15) is 36.0 Å². The number of nitrogens with zero attached hydrogens (tertiary/aromatic N) is 1. The first-order valence-electron chi connectivity index (χ1n) is 8.45. The number of carbonyl (C=O) groups excluding carboxylic acids is 1. The molecule has 1 N–H and O–H groups in total.